The normalized spacial score (nSPS) is 15.6. The SMILES string of the molecule is c1ccc(C(c2ccccc2)(c2ccccc2)N2CSC(Cc3ccc(OCCn4ccc5cccnc54)cc3)C2)cc1. The third kappa shape index (κ3) is 5.58. The summed E-state index contributed by atoms with van der Waals surface area (Å²) < 4.78 is 8.25. The Bertz CT molecular complexity index is 1660. The van der Waals surface area contributed by atoms with Gasteiger partial charge in [0.15, 0.2) is 0 Å². The van der Waals surface area contributed by atoms with Gasteiger partial charge in [0, 0.05) is 35.5 Å². The third-order valence-electron chi connectivity index (χ3n) is 8.45. The zero-order valence-corrected chi connectivity index (χ0v) is 24.9. The van der Waals surface area contributed by atoms with E-state index in [1.54, 1.807) is 0 Å². The Morgan fingerprint density at radius 2 is 1.35 bits per heavy atom. The Balaban J connectivity index is 1.06. The number of thioether (sulfide) groups is 1. The Morgan fingerprint density at radius 3 is 1.98 bits per heavy atom. The van der Waals surface area contributed by atoms with Crippen molar-refractivity contribution in [2.75, 3.05) is 19.0 Å². The summed E-state index contributed by atoms with van der Waals surface area (Å²) >= 11 is 2.06. The number of fused-ring (bicyclic) bond motifs is 1. The first-order chi connectivity index (χ1) is 21.3. The monoisotopic (exact) mass is 581 g/mol. The van der Waals surface area contributed by atoms with E-state index in [0.717, 1.165) is 42.2 Å². The molecule has 0 saturated carbocycles. The van der Waals surface area contributed by atoms with Crippen LogP contribution < -0.4 is 4.74 Å². The van der Waals surface area contributed by atoms with E-state index in [1.807, 2.05) is 12.3 Å². The molecule has 1 fully saturated rings. The van der Waals surface area contributed by atoms with Crippen molar-refractivity contribution in [2.24, 2.45) is 0 Å². The molecule has 0 spiro atoms. The number of aromatic nitrogens is 2. The molecule has 3 heterocycles. The van der Waals surface area contributed by atoms with Crippen molar-refractivity contribution in [1.29, 1.82) is 0 Å². The second-order valence-electron chi connectivity index (χ2n) is 11.1. The fraction of sp³-hybridized carbons (Fsp3) is 0.184. The van der Waals surface area contributed by atoms with Gasteiger partial charge in [-0.3, -0.25) is 4.90 Å². The van der Waals surface area contributed by atoms with Crippen molar-refractivity contribution >= 4 is 22.8 Å². The summed E-state index contributed by atoms with van der Waals surface area (Å²) in [5.74, 6) is 1.87. The molecule has 6 aromatic rings. The van der Waals surface area contributed by atoms with E-state index < -0.39 is 0 Å². The number of hydrogen-bond donors (Lipinski definition) is 0. The van der Waals surface area contributed by atoms with Crippen LogP contribution in [0.3, 0.4) is 0 Å². The van der Waals surface area contributed by atoms with Gasteiger partial charge in [0.2, 0.25) is 0 Å². The molecule has 7 rings (SSSR count). The minimum Gasteiger partial charge on any atom is -0.492 e. The van der Waals surface area contributed by atoms with E-state index >= 15 is 0 Å². The van der Waals surface area contributed by atoms with Gasteiger partial charge in [-0.1, -0.05) is 103 Å². The van der Waals surface area contributed by atoms with Crippen LogP contribution in [0.15, 0.2) is 146 Å². The first kappa shape index (κ1) is 27.5. The Hall–Kier alpha value is -4.32. The Morgan fingerprint density at radius 1 is 0.721 bits per heavy atom. The lowest BCUT2D eigenvalue weighted by Crippen LogP contribution is -2.47. The molecular formula is C38H35N3OS. The third-order valence-corrected chi connectivity index (χ3v) is 9.70. The maximum absolute atomic E-state index is 6.10. The minimum atomic E-state index is -0.357. The summed E-state index contributed by atoms with van der Waals surface area (Å²) in [7, 11) is 0. The van der Waals surface area contributed by atoms with Crippen molar-refractivity contribution in [3.8, 4) is 5.75 Å². The molecule has 5 heteroatoms. The average Bonchev–Trinajstić information content (AvgIpc) is 3.71. The molecule has 2 aromatic heterocycles. The van der Waals surface area contributed by atoms with Crippen molar-refractivity contribution in [1.82, 2.24) is 14.5 Å². The molecule has 0 bridgehead atoms. The molecule has 43 heavy (non-hydrogen) atoms. The molecule has 1 unspecified atom stereocenters. The molecular weight excluding hydrogens is 547 g/mol. The van der Waals surface area contributed by atoms with Crippen LogP contribution in [0.5, 0.6) is 5.75 Å². The van der Waals surface area contributed by atoms with Crippen LogP contribution in [-0.4, -0.2) is 38.7 Å². The molecule has 1 aliphatic rings. The quantitative estimate of drug-likeness (QED) is 0.153. The fourth-order valence-electron chi connectivity index (χ4n) is 6.44. The average molecular weight is 582 g/mol. The number of benzene rings is 4. The molecule has 214 valence electrons. The standard InChI is InChI=1S/C38H35N3OS/c1-4-12-32(13-5-1)38(33-14-6-2-7-15-33,34-16-8-3-9-17-34)41-28-36(43-29-41)27-30-18-20-35(21-19-30)42-26-25-40-24-22-31-11-10-23-39-37(31)40/h1-24,36H,25-29H2. The zero-order valence-electron chi connectivity index (χ0n) is 24.1. The first-order valence-corrected chi connectivity index (χ1v) is 16.0. The van der Waals surface area contributed by atoms with Gasteiger partial charge in [-0.15, -0.1) is 11.8 Å². The van der Waals surface area contributed by atoms with Crippen molar-refractivity contribution in [3.63, 3.8) is 0 Å². The summed E-state index contributed by atoms with van der Waals surface area (Å²) in [5.41, 5.74) is 5.90. The predicted molar refractivity (Wildman–Crippen MR) is 178 cm³/mol. The van der Waals surface area contributed by atoms with E-state index in [0.29, 0.717) is 11.9 Å². The summed E-state index contributed by atoms with van der Waals surface area (Å²) in [4.78, 5) is 7.18. The van der Waals surface area contributed by atoms with Gasteiger partial charge < -0.3 is 9.30 Å². The van der Waals surface area contributed by atoms with Gasteiger partial charge in [0.25, 0.3) is 0 Å². The van der Waals surface area contributed by atoms with Crippen LogP contribution in [-0.2, 0) is 18.5 Å². The van der Waals surface area contributed by atoms with Crippen molar-refractivity contribution < 1.29 is 4.74 Å². The molecule has 0 N–H and O–H groups in total. The number of hydrogen-bond acceptors (Lipinski definition) is 4. The molecule has 4 aromatic carbocycles. The lowest BCUT2D eigenvalue weighted by molar-refractivity contribution is 0.202. The lowest BCUT2D eigenvalue weighted by Gasteiger charge is -2.43. The van der Waals surface area contributed by atoms with Crippen LogP contribution >= 0.6 is 11.8 Å². The van der Waals surface area contributed by atoms with Crippen LogP contribution in [0, 0.1) is 0 Å². The van der Waals surface area contributed by atoms with Crippen LogP contribution in [0.4, 0.5) is 0 Å². The first-order valence-electron chi connectivity index (χ1n) is 15.0. The van der Waals surface area contributed by atoms with Gasteiger partial charge in [0.05, 0.1) is 12.1 Å². The predicted octanol–water partition coefficient (Wildman–Crippen LogP) is 8.02. The summed E-state index contributed by atoms with van der Waals surface area (Å²) in [6, 6.07) is 47.9. The molecule has 0 amide bonds. The van der Waals surface area contributed by atoms with Crippen molar-refractivity contribution in [3.05, 3.63) is 168 Å². The van der Waals surface area contributed by atoms with Crippen LogP contribution in [0.2, 0.25) is 0 Å². The fourth-order valence-corrected chi connectivity index (χ4v) is 7.72. The maximum Gasteiger partial charge on any atom is 0.139 e. The van der Waals surface area contributed by atoms with Crippen LogP contribution in [0.25, 0.3) is 11.0 Å². The molecule has 1 saturated heterocycles. The van der Waals surface area contributed by atoms with Gasteiger partial charge in [-0.25, -0.2) is 4.98 Å². The lowest BCUT2D eigenvalue weighted by atomic mass is 9.75. The highest BCUT2D eigenvalue weighted by Gasteiger charge is 2.45. The smallest absolute Gasteiger partial charge is 0.139 e. The number of rotatable bonds is 10. The molecule has 1 aliphatic heterocycles. The van der Waals surface area contributed by atoms with Gasteiger partial charge in [-0.2, -0.15) is 0 Å². The summed E-state index contributed by atoms with van der Waals surface area (Å²) in [6.45, 7) is 2.37. The maximum atomic E-state index is 6.10. The van der Waals surface area contributed by atoms with Gasteiger partial charge in [0.1, 0.15) is 18.0 Å². The topological polar surface area (TPSA) is 30.3 Å². The highest BCUT2D eigenvalue weighted by Crippen LogP contribution is 2.46. The van der Waals surface area contributed by atoms with E-state index in [9.17, 15) is 0 Å². The Kier molecular flexibility index (Phi) is 8.00. The summed E-state index contributed by atoms with van der Waals surface area (Å²) in [6.07, 6.45) is 4.94. The minimum absolute atomic E-state index is 0.357. The highest BCUT2D eigenvalue weighted by molar-refractivity contribution is 8.00. The number of ether oxygens (including phenoxy) is 1. The molecule has 4 nitrogen and oxygen atoms in total. The van der Waals surface area contributed by atoms with Gasteiger partial charge in [-0.05, 0) is 59.0 Å². The second kappa shape index (κ2) is 12.5. The van der Waals surface area contributed by atoms with E-state index in [4.69, 9.17) is 4.74 Å². The molecule has 0 aliphatic carbocycles. The van der Waals surface area contributed by atoms with Crippen molar-refractivity contribution in [2.45, 2.75) is 23.8 Å². The Labute approximate surface area is 258 Å². The largest absolute Gasteiger partial charge is 0.492 e. The molecule has 1 atom stereocenters. The van der Waals surface area contributed by atoms with Crippen LogP contribution in [0.1, 0.15) is 22.3 Å². The van der Waals surface area contributed by atoms with E-state index in [1.165, 1.54) is 22.3 Å². The highest BCUT2D eigenvalue weighted by atomic mass is 32.2. The number of pyridine rings is 1. The molecule has 0 radical (unpaired) electrons. The van der Waals surface area contributed by atoms with Gasteiger partial charge >= 0.3 is 0 Å². The summed E-state index contributed by atoms with van der Waals surface area (Å²) in [5, 5.41) is 1.65. The number of nitrogens with zero attached hydrogens (tertiary/aromatic N) is 3. The van der Waals surface area contributed by atoms with E-state index in [-0.39, 0.29) is 5.54 Å². The second-order valence-corrected chi connectivity index (χ2v) is 12.3. The zero-order chi connectivity index (χ0) is 28.9. The van der Waals surface area contributed by atoms with E-state index in [2.05, 4.69) is 160 Å².